The third-order valence-electron chi connectivity index (χ3n) is 3.40. The lowest BCUT2D eigenvalue weighted by molar-refractivity contribution is 1.14. The van der Waals surface area contributed by atoms with Crippen LogP contribution in [0.15, 0.2) is 54.6 Å². The van der Waals surface area contributed by atoms with Gasteiger partial charge in [0.1, 0.15) is 0 Å². The third-order valence-corrected chi connectivity index (χ3v) is 3.40. The SMILES string of the molecule is Cc1ccc2cccc(NCc3cccc(C#N)c3)c2n1. The smallest absolute Gasteiger partial charge is 0.0991 e. The number of fused-ring (bicyclic) bond motifs is 1. The van der Waals surface area contributed by atoms with E-state index in [9.17, 15) is 0 Å². The Morgan fingerprint density at radius 2 is 1.95 bits per heavy atom. The second kappa shape index (κ2) is 5.64. The van der Waals surface area contributed by atoms with Gasteiger partial charge in [0.2, 0.25) is 0 Å². The molecule has 0 atom stereocenters. The number of rotatable bonds is 3. The minimum absolute atomic E-state index is 0.671. The second-order valence-electron chi connectivity index (χ2n) is 5.00. The summed E-state index contributed by atoms with van der Waals surface area (Å²) in [7, 11) is 0. The Labute approximate surface area is 123 Å². The summed E-state index contributed by atoms with van der Waals surface area (Å²) >= 11 is 0. The maximum absolute atomic E-state index is 8.94. The van der Waals surface area contributed by atoms with Crippen LogP contribution in [0.1, 0.15) is 16.8 Å². The van der Waals surface area contributed by atoms with Gasteiger partial charge in [-0.15, -0.1) is 0 Å². The molecule has 3 nitrogen and oxygen atoms in total. The van der Waals surface area contributed by atoms with E-state index in [-0.39, 0.29) is 0 Å². The number of nitriles is 1. The van der Waals surface area contributed by atoms with Crippen molar-refractivity contribution in [3.05, 3.63) is 71.4 Å². The Morgan fingerprint density at radius 1 is 1.10 bits per heavy atom. The summed E-state index contributed by atoms with van der Waals surface area (Å²) in [4.78, 5) is 4.61. The zero-order chi connectivity index (χ0) is 14.7. The van der Waals surface area contributed by atoms with E-state index in [4.69, 9.17) is 5.26 Å². The summed E-state index contributed by atoms with van der Waals surface area (Å²) in [5, 5.41) is 13.5. The maximum Gasteiger partial charge on any atom is 0.0991 e. The van der Waals surface area contributed by atoms with Crippen LogP contribution in [0.4, 0.5) is 5.69 Å². The quantitative estimate of drug-likeness (QED) is 0.783. The van der Waals surface area contributed by atoms with Crippen molar-refractivity contribution in [3.8, 4) is 6.07 Å². The van der Waals surface area contributed by atoms with Crippen molar-refractivity contribution in [2.75, 3.05) is 5.32 Å². The van der Waals surface area contributed by atoms with E-state index in [1.807, 2.05) is 49.4 Å². The van der Waals surface area contributed by atoms with Crippen molar-refractivity contribution in [3.63, 3.8) is 0 Å². The molecule has 3 rings (SSSR count). The van der Waals surface area contributed by atoms with Gasteiger partial charge in [0.15, 0.2) is 0 Å². The summed E-state index contributed by atoms with van der Waals surface area (Å²) < 4.78 is 0. The molecule has 0 amide bonds. The molecule has 0 spiro atoms. The van der Waals surface area contributed by atoms with Gasteiger partial charge in [-0.2, -0.15) is 5.26 Å². The molecule has 0 aliphatic carbocycles. The number of benzene rings is 2. The van der Waals surface area contributed by atoms with E-state index < -0.39 is 0 Å². The lowest BCUT2D eigenvalue weighted by atomic mass is 10.1. The first kappa shape index (κ1) is 13.1. The van der Waals surface area contributed by atoms with E-state index in [0.29, 0.717) is 12.1 Å². The minimum atomic E-state index is 0.671. The number of aryl methyl sites for hydroxylation is 1. The van der Waals surface area contributed by atoms with Crippen molar-refractivity contribution in [2.45, 2.75) is 13.5 Å². The highest BCUT2D eigenvalue weighted by Gasteiger charge is 2.03. The van der Waals surface area contributed by atoms with E-state index in [1.165, 1.54) is 0 Å². The molecule has 2 aromatic carbocycles. The van der Waals surface area contributed by atoms with Crippen LogP contribution in [-0.2, 0) is 6.54 Å². The van der Waals surface area contributed by atoms with Crippen molar-refractivity contribution < 1.29 is 0 Å². The standard InChI is InChI=1S/C18H15N3/c1-13-8-9-16-6-3-7-17(18(16)21-13)20-12-15-5-2-4-14(10-15)11-19/h2-10,20H,12H2,1H3. The van der Waals surface area contributed by atoms with Crippen LogP contribution in [0.2, 0.25) is 0 Å². The molecule has 1 aromatic heterocycles. The largest absolute Gasteiger partial charge is 0.379 e. The fourth-order valence-electron chi connectivity index (χ4n) is 2.34. The van der Waals surface area contributed by atoms with Gasteiger partial charge in [0, 0.05) is 17.6 Å². The Morgan fingerprint density at radius 3 is 2.81 bits per heavy atom. The zero-order valence-corrected chi connectivity index (χ0v) is 11.8. The lowest BCUT2D eigenvalue weighted by Crippen LogP contribution is -2.01. The average molecular weight is 273 g/mol. The van der Waals surface area contributed by atoms with Gasteiger partial charge in [-0.1, -0.05) is 30.3 Å². The normalized spacial score (nSPS) is 10.3. The van der Waals surface area contributed by atoms with Crippen molar-refractivity contribution in [1.82, 2.24) is 4.98 Å². The lowest BCUT2D eigenvalue weighted by Gasteiger charge is -2.10. The average Bonchev–Trinajstić information content (AvgIpc) is 2.53. The van der Waals surface area contributed by atoms with Gasteiger partial charge < -0.3 is 5.32 Å². The van der Waals surface area contributed by atoms with Gasteiger partial charge in [0.25, 0.3) is 0 Å². The molecule has 0 unspecified atom stereocenters. The predicted molar refractivity (Wildman–Crippen MR) is 85.0 cm³/mol. The van der Waals surface area contributed by atoms with Crippen LogP contribution in [0.3, 0.4) is 0 Å². The molecule has 0 saturated carbocycles. The molecule has 0 aliphatic rings. The summed E-state index contributed by atoms with van der Waals surface area (Å²) in [6.07, 6.45) is 0. The van der Waals surface area contributed by atoms with Gasteiger partial charge in [-0.25, -0.2) is 0 Å². The minimum Gasteiger partial charge on any atom is -0.379 e. The van der Waals surface area contributed by atoms with Gasteiger partial charge in [-0.05, 0) is 36.8 Å². The second-order valence-corrected chi connectivity index (χ2v) is 5.00. The third kappa shape index (κ3) is 2.85. The van der Waals surface area contributed by atoms with E-state index in [1.54, 1.807) is 0 Å². The summed E-state index contributed by atoms with van der Waals surface area (Å²) in [5.74, 6) is 0. The van der Waals surface area contributed by atoms with Crippen molar-refractivity contribution in [1.29, 1.82) is 5.26 Å². The van der Waals surface area contributed by atoms with Crippen molar-refractivity contribution >= 4 is 16.6 Å². The first-order valence-electron chi connectivity index (χ1n) is 6.85. The van der Waals surface area contributed by atoms with E-state index >= 15 is 0 Å². The molecule has 0 bridgehead atoms. The van der Waals surface area contributed by atoms with Crippen LogP contribution in [0.25, 0.3) is 10.9 Å². The number of hydrogen-bond donors (Lipinski definition) is 1. The molecule has 102 valence electrons. The Hall–Kier alpha value is -2.86. The molecule has 0 radical (unpaired) electrons. The molecule has 21 heavy (non-hydrogen) atoms. The zero-order valence-electron chi connectivity index (χ0n) is 11.8. The van der Waals surface area contributed by atoms with Gasteiger partial charge in [-0.3, -0.25) is 4.98 Å². The number of hydrogen-bond acceptors (Lipinski definition) is 3. The number of anilines is 1. The van der Waals surface area contributed by atoms with Gasteiger partial charge in [0.05, 0.1) is 22.8 Å². The van der Waals surface area contributed by atoms with Crippen molar-refractivity contribution in [2.24, 2.45) is 0 Å². The van der Waals surface area contributed by atoms with Gasteiger partial charge >= 0.3 is 0 Å². The summed E-state index contributed by atoms with van der Waals surface area (Å²) in [6.45, 7) is 2.66. The Bertz CT molecular complexity index is 831. The fourth-order valence-corrected chi connectivity index (χ4v) is 2.34. The molecule has 1 N–H and O–H groups in total. The first-order valence-corrected chi connectivity index (χ1v) is 6.85. The molecule has 3 aromatic rings. The highest BCUT2D eigenvalue weighted by atomic mass is 14.9. The fraction of sp³-hybridized carbons (Fsp3) is 0.111. The highest BCUT2D eigenvalue weighted by Crippen LogP contribution is 2.22. The topological polar surface area (TPSA) is 48.7 Å². The molecule has 0 aliphatic heterocycles. The van der Waals surface area contributed by atoms with Crippen LogP contribution < -0.4 is 5.32 Å². The van der Waals surface area contributed by atoms with Crippen LogP contribution in [0.5, 0.6) is 0 Å². The number of nitrogens with zero attached hydrogens (tertiary/aromatic N) is 2. The number of aromatic nitrogens is 1. The Kier molecular flexibility index (Phi) is 3.53. The molecular formula is C18H15N3. The predicted octanol–water partition coefficient (Wildman–Crippen LogP) is 4.03. The van der Waals surface area contributed by atoms with Crippen LogP contribution in [-0.4, -0.2) is 4.98 Å². The monoisotopic (exact) mass is 273 g/mol. The number of para-hydroxylation sites is 1. The van der Waals surface area contributed by atoms with E-state index in [0.717, 1.165) is 27.8 Å². The number of nitrogens with one attached hydrogen (secondary N) is 1. The summed E-state index contributed by atoms with van der Waals surface area (Å²) in [6, 6.07) is 20.0. The Balaban J connectivity index is 1.88. The molecule has 3 heteroatoms. The number of pyridine rings is 1. The molecule has 1 heterocycles. The maximum atomic E-state index is 8.94. The van der Waals surface area contributed by atoms with Crippen LogP contribution in [0, 0.1) is 18.3 Å². The highest BCUT2D eigenvalue weighted by molar-refractivity contribution is 5.90. The first-order chi connectivity index (χ1) is 10.3. The van der Waals surface area contributed by atoms with Crippen LogP contribution >= 0.6 is 0 Å². The molecule has 0 fully saturated rings. The molecular weight excluding hydrogens is 258 g/mol. The summed E-state index contributed by atoms with van der Waals surface area (Å²) in [5.41, 5.74) is 4.76. The molecule has 0 saturated heterocycles. The van der Waals surface area contributed by atoms with E-state index in [2.05, 4.69) is 28.5 Å².